The number of hydrogen-bond donors (Lipinski definition) is 2. The maximum Gasteiger partial charge on any atom is 0.339 e. The Morgan fingerprint density at radius 1 is 0.907 bits per heavy atom. The molecular formula is C33H34N4O6. The minimum absolute atomic E-state index is 0.0971. The number of aromatic nitrogens is 2. The molecule has 0 saturated carbocycles. The number of nitrogen functional groups attached to an aromatic ring is 1. The fourth-order valence-electron chi connectivity index (χ4n) is 4.35. The highest BCUT2D eigenvalue weighted by atomic mass is 16.7. The molecule has 0 saturated heterocycles. The summed E-state index contributed by atoms with van der Waals surface area (Å²) in [5, 5.41) is 8.23. The van der Waals surface area contributed by atoms with Crippen molar-refractivity contribution in [3.63, 3.8) is 0 Å². The van der Waals surface area contributed by atoms with Gasteiger partial charge in [-0.3, -0.25) is 15.0 Å². The molecule has 0 aliphatic rings. The molecule has 1 heterocycles. The first-order valence-corrected chi connectivity index (χ1v) is 13.8. The summed E-state index contributed by atoms with van der Waals surface area (Å²) in [7, 11) is 1.85. The summed E-state index contributed by atoms with van der Waals surface area (Å²) >= 11 is 0. The normalized spacial score (nSPS) is 10.8. The van der Waals surface area contributed by atoms with Gasteiger partial charge >= 0.3 is 17.9 Å². The highest BCUT2D eigenvalue weighted by Crippen LogP contribution is 2.29. The molecule has 3 aromatic carbocycles. The van der Waals surface area contributed by atoms with E-state index in [0.29, 0.717) is 23.5 Å². The van der Waals surface area contributed by atoms with Crippen LogP contribution in [0.3, 0.4) is 0 Å². The number of nitrogens with two attached hydrogens (primary N) is 1. The number of aryl methyl sites for hydroxylation is 2. The number of rotatable bonds is 12. The molecule has 3 N–H and O–H groups in total. The van der Waals surface area contributed by atoms with Crippen molar-refractivity contribution in [2.24, 2.45) is 18.7 Å². The number of carbonyl (C=O) groups excluding carboxylic acids is 3. The van der Waals surface area contributed by atoms with E-state index in [9.17, 15) is 14.4 Å². The molecule has 10 heteroatoms. The Bertz CT molecular complexity index is 1610. The van der Waals surface area contributed by atoms with E-state index in [2.05, 4.69) is 0 Å². The lowest BCUT2D eigenvalue weighted by molar-refractivity contribution is -0.169. The van der Waals surface area contributed by atoms with Crippen molar-refractivity contribution in [3.05, 3.63) is 101 Å². The molecule has 10 nitrogen and oxygen atoms in total. The maximum atomic E-state index is 13.0. The standard InChI is InChI=1S/C33H34N4O6/c1-21(2)32(39)43-20-42-28(38)17-14-22-12-15-24(16-13-22)31-36-27(18-37(31)3)25-10-7-11-26(29(25)30(34)35)33(40)41-19-23-8-5-4-6-9-23/h4-13,15-16,18,21H,14,17,19-20H2,1-3H3,(H3,34,35). The van der Waals surface area contributed by atoms with Crippen molar-refractivity contribution in [1.29, 1.82) is 5.41 Å². The minimum atomic E-state index is -0.580. The van der Waals surface area contributed by atoms with E-state index in [1.807, 2.05) is 72.4 Å². The SMILES string of the molecule is CC(C)C(=O)OCOC(=O)CCc1ccc(-c2nc(-c3cccc(C(=O)OCc4ccccc4)c3C(=N)N)cn2C)cc1. The van der Waals surface area contributed by atoms with E-state index >= 15 is 0 Å². The highest BCUT2D eigenvalue weighted by Gasteiger charge is 2.22. The van der Waals surface area contributed by atoms with Crippen LogP contribution in [0.4, 0.5) is 0 Å². The number of benzene rings is 3. The lowest BCUT2D eigenvalue weighted by atomic mass is 9.98. The van der Waals surface area contributed by atoms with Gasteiger partial charge < -0.3 is 24.5 Å². The van der Waals surface area contributed by atoms with Gasteiger partial charge in [-0.2, -0.15) is 0 Å². The number of hydrogen-bond acceptors (Lipinski definition) is 8. The van der Waals surface area contributed by atoms with Crippen molar-refractivity contribution >= 4 is 23.7 Å². The van der Waals surface area contributed by atoms with Gasteiger partial charge in [-0.05, 0) is 23.6 Å². The Labute approximate surface area is 249 Å². The number of nitrogens with zero attached hydrogens (tertiary/aromatic N) is 2. The number of ether oxygens (including phenoxy) is 3. The first-order valence-electron chi connectivity index (χ1n) is 13.8. The molecule has 222 valence electrons. The minimum Gasteiger partial charge on any atom is -0.457 e. The van der Waals surface area contributed by atoms with Gasteiger partial charge in [0.05, 0.1) is 17.2 Å². The molecular weight excluding hydrogens is 548 g/mol. The van der Waals surface area contributed by atoms with Gasteiger partial charge in [-0.25, -0.2) is 9.78 Å². The summed E-state index contributed by atoms with van der Waals surface area (Å²) in [4.78, 5) is 41.3. The Kier molecular flexibility index (Phi) is 10.1. The van der Waals surface area contributed by atoms with E-state index < -0.39 is 17.9 Å². The van der Waals surface area contributed by atoms with E-state index in [-0.39, 0.29) is 42.7 Å². The summed E-state index contributed by atoms with van der Waals surface area (Å²) in [5.41, 5.74) is 10.1. The third kappa shape index (κ3) is 7.94. The van der Waals surface area contributed by atoms with Crippen molar-refractivity contribution in [3.8, 4) is 22.6 Å². The Morgan fingerprint density at radius 3 is 2.30 bits per heavy atom. The molecule has 0 amide bonds. The van der Waals surface area contributed by atoms with Crippen molar-refractivity contribution in [2.45, 2.75) is 33.3 Å². The molecule has 0 fully saturated rings. The molecule has 43 heavy (non-hydrogen) atoms. The zero-order valence-electron chi connectivity index (χ0n) is 24.3. The van der Waals surface area contributed by atoms with Gasteiger partial charge in [-0.1, -0.05) is 80.6 Å². The first kappa shape index (κ1) is 30.7. The van der Waals surface area contributed by atoms with E-state index in [4.69, 9.17) is 30.3 Å². The monoisotopic (exact) mass is 582 g/mol. The van der Waals surface area contributed by atoms with Crippen molar-refractivity contribution < 1.29 is 28.6 Å². The Morgan fingerprint density at radius 2 is 1.63 bits per heavy atom. The van der Waals surface area contributed by atoms with Gasteiger partial charge in [0, 0.05) is 36.4 Å². The van der Waals surface area contributed by atoms with Crippen LogP contribution in [0.1, 0.15) is 47.3 Å². The second kappa shape index (κ2) is 14.1. The molecule has 0 radical (unpaired) electrons. The topological polar surface area (TPSA) is 147 Å². The number of imidazole rings is 1. The Balaban J connectivity index is 1.45. The van der Waals surface area contributed by atoms with Gasteiger partial charge in [0.1, 0.15) is 18.3 Å². The van der Waals surface area contributed by atoms with Crippen LogP contribution in [-0.2, 0) is 43.9 Å². The van der Waals surface area contributed by atoms with Crippen LogP contribution in [0.25, 0.3) is 22.6 Å². The second-order valence-electron chi connectivity index (χ2n) is 10.2. The summed E-state index contributed by atoms with van der Waals surface area (Å²) in [5.74, 6) is -1.35. The summed E-state index contributed by atoms with van der Waals surface area (Å²) in [6.45, 7) is 3.11. The third-order valence-corrected chi connectivity index (χ3v) is 6.64. The molecule has 0 bridgehead atoms. The molecule has 4 rings (SSSR count). The summed E-state index contributed by atoms with van der Waals surface area (Å²) in [6, 6.07) is 22.0. The fraction of sp³-hybridized carbons (Fsp3) is 0.242. The molecule has 1 aromatic heterocycles. The summed E-state index contributed by atoms with van der Waals surface area (Å²) in [6.07, 6.45) is 2.41. The van der Waals surface area contributed by atoms with Gasteiger partial charge in [0.2, 0.25) is 6.79 Å². The van der Waals surface area contributed by atoms with Crippen LogP contribution in [0, 0.1) is 11.3 Å². The predicted molar refractivity (Wildman–Crippen MR) is 161 cm³/mol. The van der Waals surface area contributed by atoms with Crippen LogP contribution >= 0.6 is 0 Å². The van der Waals surface area contributed by atoms with E-state index in [0.717, 1.165) is 16.7 Å². The summed E-state index contributed by atoms with van der Waals surface area (Å²) < 4.78 is 17.2. The van der Waals surface area contributed by atoms with Gasteiger partial charge in [0.25, 0.3) is 0 Å². The number of esters is 3. The molecule has 4 aromatic rings. The lowest BCUT2D eigenvalue weighted by Gasteiger charge is -2.12. The smallest absolute Gasteiger partial charge is 0.339 e. The van der Waals surface area contributed by atoms with Crippen molar-refractivity contribution in [1.82, 2.24) is 9.55 Å². The van der Waals surface area contributed by atoms with Crippen LogP contribution in [0.15, 0.2) is 79.0 Å². The van der Waals surface area contributed by atoms with Crippen molar-refractivity contribution in [2.75, 3.05) is 6.79 Å². The lowest BCUT2D eigenvalue weighted by Crippen LogP contribution is -2.19. The zero-order chi connectivity index (χ0) is 30.9. The molecule has 0 atom stereocenters. The number of amidine groups is 1. The molecule has 0 unspecified atom stereocenters. The quantitative estimate of drug-likeness (QED) is 0.102. The maximum absolute atomic E-state index is 13.0. The van der Waals surface area contributed by atoms with E-state index in [1.165, 1.54) is 0 Å². The zero-order valence-corrected chi connectivity index (χ0v) is 24.3. The van der Waals surface area contributed by atoms with Crippen LogP contribution in [0.2, 0.25) is 0 Å². The highest BCUT2D eigenvalue weighted by molar-refractivity contribution is 6.10. The van der Waals surface area contributed by atoms with Crippen LogP contribution < -0.4 is 5.73 Å². The fourth-order valence-corrected chi connectivity index (χ4v) is 4.35. The van der Waals surface area contributed by atoms with Crippen LogP contribution in [-0.4, -0.2) is 40.1 Å². The third-order valence-electron chi connectivity index (χ3n) is 6.64. The van der Waals surface area contributed by atoms with Gasteiger partial charge in [-0.15, -0.1) is 0 Å². The van der Waals surface area contributed by atoms with Gasteiger partial charge in [0.15, 0.2) is 0 Å². The molecule has 0 aliphatic heterocycles. The molecule has 0 spiro atoms. The Hall–Kier alpha value is -5.25. The first-order chi connectivity index (χ1) is 20.6. The number of nitrogens with one attached hydrogen (secondary N) is 1. The second-order valence-corrected chi connectivity index (χ2v) is 10.2. The average Bonchev–Trinajstić information content (AvgIpc) is 3.40. The number of carbonyl (C=O) groups is 3. The molecule has 0 aliphatic carbocycles. The van der Waals surface area contributed by atoms with Crippen LogP contribution in [0.5, 0.6) is 0 Å². The predicted octanol–water partition coefficient (Wildman–Crippen LogP) is 5.03. The van der Waals surface area contributed by atoms with E-state index in [1.54, 1.807) is 32.0 Å². The average molecular weight is 583 g/mol. The largest absolute Gasteiger partial charge is 0.457 e.